The maximum atomic E-state index is 12.7. The van der Waals surface area contributed by atoms with Crippen molar-refractivity contribution in [2.75, 3.05) is 0 Å². The van der Waals surface area contributed by atoms with E-state index in [1.165, 1.54) is 5.56 Å². The van der Waals surface area contributed by atoms with Crippen molar-refractivity contribution in [3.8, 4) is 11.9 Å². The topological polar surface area (TPSA) is 45.9 Å². The van der Waals surface area contributed by atoms with E-state index < -0.39 is 11.9 Å². The van der Waals surface area contributed by atoms with Crippen molar-refractivity contribution in [3.63, 3.8) is 0 Å². The van der Waals surface area contributed by atoms with Crippen molar-refractivity contribution in [3.05, 3.63) is 58.8 Å². The van der Waals surface area contributed by atoms with Gasteiger partial charge in [-0.2, -0.15) is 18.4 Å². The van der Waals surface area contributed by atoms with E-state index in [1.807, 2.05) is 24.3 Å². The molecular formula is C18H17F3N2O. The average Bonchev–Trinajstić information content (AvgIpc) is 2.58. The predicted octanol–water partition coefficient (Wildman–Crippen LogP) is 4.89. The molecular weight excluding hydrogens is 317 g/mol. The minimum absolute atomic E-state index is 0.0254. The molecule has 0 unspecified atom stereocenters. The van der Waals surface area contributed by atoms with Crippen molar-refractivity contribution in [1.82, 2.24) is 4.98 Å². The van der Waals surface area contributed by atoms with Gasteiger partial charge in [-0.15, -0.1) is 0 Å². The molecule has 0 radical (unpaired) electrons. The van der Waals surface area contributed by atoms with Crippen LogP contribution in [0.5, 0.6) is 5.88 Å². The number of hydrogen-bond acceptors (Lipinski definition) is 3. The zero-order chi connectivity index (χ0) is 17.6. The number of aryl methyl sites for hydroxylation is 1. The Kier molecular flexibility index (Phi) is 5.80. The molecule has 0 aliphatic heterocycles. The van der Waals surface area contributed by atoms with Crippen LogP contribution in [0.25, 0.3) is 0 Å². The molecule has 0 aliphatic rings. The third-order valence-electron chi connectivity index (χ3n) is 3.49. The summed E-state index contributed by atoms with van der Waals surface area (Å²) in [5.41, 5.74) is 0.905. The molecule has 0 aliphatic carbocycles. The van der Waals surface area contributed by atoms with E-state index in [9.17, 15) is 13.2 Å². The van der Waals surface area contributed by atoms with Crippen LogP contribution in [0.2, 0.25) is 0 Å². The number of hydrogen-bond donors (Lipinski definition) is 0. The van der Waals surface area contributed by atoms with E-state index in [1.54, 1.807) is 6.07 Å². The minimum Gasteiger partial charge on any atom is -0.472 e. The van der Waals surface area contributed by atoms with E-state index >= 15 is 0 Å². The van der Waals surface area contributed by atoms with Crippen LogP contribution in [0.15, 0.2) is 36.4 Å². The van der Waals surface area contributed by atoms with Crippen LogP contribution in [0, 0.1) is 11.3 Å². The molecule has 0 saturated carbocycles. The molecule has 0 saturated heterocycles. The van der Waals surface area contributed by atoms with Gasteiger partial charge in [-0.25, -0.2) is 4.98 Å². The second kappa shape index (κ2) is 7.82. The van der Waals surface area contributed by atoms with Gasteiger partial charge >= 0.3 is 6.18 Å². The summed E-state index contributed by atoms with van der Waals surface area (Å²) < 4.78 is 43.5. The van der Waals surface area contributed by atoms with Crippen molar-refractivity contribution in [1.29, 1.82) is 5.26 Å². The molecule has 6 heteroatoms. The molecule has 0 atom stereocenters. The third kappa shape index (κ3) is 4.72. The second-order valence-corrected chi connectivity index (χ2v) is 5.37. The number of rotatable bonds is 6. The summed E-state index contributed by atoms with van der Waals surface area (Å²) in [6.07, 6.45) is -1.36. The van der Waals surface area contributed by atoms with E-state index in [0.29, 0.717) is 0 Å². The van der Waals surface area contributed by atoms with Crippen molar-refractivity contribution >= 4 is 0 Å². The van der Waals surface area contributed by atoms with Gasteiger partial charge in [-0.3, -0.25) is 0 Å². The molecule has 3 nitrogen and oxygen atoms in total. The number of nitrogens with zero attached hydrogens (tertiary/aromatic N) is 2. The Balaban J connectivity index is 2.09. The third-order valence-corrected chi connectivity index (χ3v) is 3.49. The van der Waals surface area contributed by atoms with Gasteiger partial charge < -0.3 is 4.74 Å². The SMILES string of the molecule is CCCCc1ccc(COc2nc(C(F)(F)F)ccc2C#N)cc1. The number of nitriles is 1. The fourth-order valence-electron chi connectivity index (χ4n) is 2.13. The molecule has 1 aromatic carbocycles. The highest BCUT2D eigenvalue weighted by molar-refractivity contribution is 5.39. The fourth-order valence-corrected chi connectivity index (χ4v) is 2.13. The minimum atomic E-state index is -4.58. The smallest absolute Gasteiger partial charge is 0.433 e. The number of unbranched alkanes of at least 4 members (excludes halogenated alkanes) is 1. The predicted molar refractivity (Wildman–Crippen MR) is 83.3 cm³/mol. The van der Waals surface area contributed by atoms with Crippen LogP contribution in [-0.2, 0) is 19.2 Å². The summed E-state index contributed by atoms with van der Waals surface area (Å²) >= 11 is 0. The summed E-state index contributed by atoms with van der Waals surface area (Å²) in [6.45, 7) is 2.17. The number of pyridine rings is 1. The highest BCUT2D eigenvalue weighted by Crippen LogP contribution is 2.30. The van der Waals surface area contributed by atoms with Gasteiger partial charge in [0.05, 0.1) is 0 Å². The van der Waals surface area contributed by atoms with E-state index in [2.05, 4.69) is 11.9 Å². The quantitative estimate of drug-likeness (QED) is 0.755. The van der Waals surface area contributed by atoms with E-state index in [-0.39, 0.29) is 18.1 Å². The van der Waals surface area contributed by atoms with Crippen molar-refractivity contribution in [2.45, 2.75) is 39.0 Å². The highest BCUT2D eigenvalue weighted by Gasteiger charge is 2.33. The Morgan fingerprint density at radius 3 is 2.33 bits per heavy atom. The first-order chi connectivity index (χ1) is 11.4. The lowest BCUT2D eigenvalue weighted by molar-refractivity contribution is -0.141. The van der Waals surface area contributed by atoms with Crippen LogP contribution >= 0.6 is 0 Å². The van der Waals surface area contributed by atoms with Gasteiger partial charge in [0.1, 0.15) is 23.9 Å². The van der Waals surface area contributed by atoms with Crippen molar-refractivity contribution < 1.29 is 17.9 Å². The molecule has 1 heterocycles. The average molecular weight is 334 g/mol. The Bertz CT molecular complexity index is 719. The number of halogens is 3. The molecule has 2 aromatic rings. The molecule has 2 rings (SSSR count). The largest absolute Gasteiger partial charge is 0.472 e. The summed E-state index contributed by atoms with van der Waals surface area (Å²) in [7, 11) is 0. The fraction of sp³-hybridized carbons (Fsp3) is 0.333. The second-order valence-electron chi connectivity index (χ2n) is 5.37. The van der Waals surface area contributed by atoms with Crippen LogP contribution in [-0.4, -0.2) is 4.98 Å². The first kappa shape index (κ1) is 17.8. The summed E-state index contributed by atoms with van der Waals surface area (Å²) in [6, 6.07) is 11.3. The highest BCUT2D eigenvalue weighted by atomic mass is 19.4. The van der Waals surface area contributed by atoms with E-state index in [0.717, 1.165) is 37.0 Å². The van der Waals surface area contributed by atoms with Crippen molar-refractivity contribution in [2.24, 2.45) is 0 Å². The molecule has 0 fully saturated rings. The zero-order valence-electron chi connectivity index (χ0n) is 13.2. The lowest BCUT2D eigenvalue weighted by Gasteiger charge is -2.11. The van der Waals surface area contributed by atoms with Gasteiger partial charge in [0.15, 0.2) is 0 Å². The first-order valence-corrected chi connectivity index (χ1v) is 7.63. The Morgan fingerprint density at radius 2 is 1.75 bits per heavy atom. The zero-order valence-corrected chi connectivity index (χ0v) is 13.2. The number of ether oxygens (including phenoxy) is 1. The maximum absolute atomic E-state index is 12.7. The number of alkyl halides is 3. The molecule has 1 aromatic heterocycles. The molecule has 0 amide bonds. The van der Waals surface area contributed by atoms with Gasteiger partial charge in [-0.1, -0.05) is 37.6 Å². The molecule has 126 valence electrons. The van der Waals surface area contributed by atoms with Gasteiger partial charge in [0.25, 0.3) is 0 Å². The Morgan fingerprint density at radius 1 is 1.08 bits per heavy atom. The van der Waals surface area contributed by atoms with Gasteiger partial charge in [0.2, 0.25) is 5.88 Å². The standard InChI is InChI=1S/C18H17F3N2O/c1-2-3-4-13-5-7-14(8-6-13)12-24-17-15(11-22)9-10-16(23-17)18(19,20)21/h5-10H,2-4,12H2,1H3. The Hall–Kier alpha value is -2.55. The molecule has 24 heavy (non-hydrogen) atoms. The maximum Gasteiger partial charge on any atom is 0.433 e. The molecule has 0 spiro atoms. The van der Waals surface area contributed by atoms with Gasteiger partial charge in [0, 0.05) is 0 Å². The van der Waals surface area contributed by atoms with Gasteiger partial charge in [-0.05, 0) is 36.1 Å². The van der Waals surface area contributed by atoms with Crippen LogP contribution in [0.3, 0.4) is 0 Å². The molecule has 0 N–H and O–H groups in total. The van der Waals surface area contributed by atoms with Crippen LogP contribution < -0.4 is 4.74 Å². The Labute approximate surface area is 138 Å². The van der Waals surface area contributed by atoms with Crippen LogP contribution in [0.1, 0.15) is 42.1 Å². The van der Waals surface area contributed by atoms with Crippen LogP contribution in [0.4, 0.5) is 13.2 Å². The summed E-state index contributed by atoms with van der Waals surface area (Å²) in [5, 5.41) is 8.98. The molecule has 0 bridgehead atoms. The lowest BCUT2D eigenvalue weighted by Crippen LogP contribution is -2.10. The number of aromatic nitrogens is 1. The van der Waals surface area contributed by atoms with E-state index in [4.69, 9.17) is 10.00 Å². The summed E-state index contributed by atoms with van der Waals surface area (Å²) in [4.78, 5) is 3.42. The first-order valence-electron chi connectivity index (χ1n) is 7.63. The lowest BCUT2D eigenvalue weighted by atomic mass is 10.1. The number of benzene rings is 1. The monoisotopic (exact) mass is 334 g/mol. The summed E-state index contributed by atoms with van der Waals surface area (Å²) in [5.74, 6) is -0.303. The normalized spacial score (nSPS) is 11.1.